The third-order valence-electron chi connectivity index (χ3n) is 6.74. The molecule has 0 aliphatic rings. The van der Waals surface area contributed by atoms with Crippen LogP contribution >= 0.6 is 0 Å². The molecular weight excluding hydrogens is 506 g/mol. The number of methoxy groups -OCH3 is 1. The number of fused-ring (bicyclic) bond motifs is 1. The van der Waals surface area contributed by atoms with Crippen LogP contribution in [0.4, 0.5) is 5.95 Å². The quantitative estimate of drug-likeness (QED) is 0.235. The molecular formula is C31H33N5O4. The number of anilines is 1. The molecule has 0 saturated carbocycles. The van der Waals surface area contributed by atoms with E-state index in [0.717, 1.165) is 22.4 Å². The average Bonchev–Trinajstić information content (AvgIpc) is 3.42. The minimum Gasteiger partial charge on any atom is -0.497 e. The van der Waals surface area contributed by atoms with Crippen LogP contribution in [0.2, 0.25) is 0 Å². The lowest BCUT2D eigenvalue weighted by Gasteiger charge is -2.37. The van der Waals surface area contributed by atoms with Crippen molar-refractivity contribution < 1.29 is 19.3 Å². The highest BCUT2D eigenvalue weighted by atomic mass is 16.6. The second-order valence-electron chi connectivity index (χ2n) is 9.54. The Hall–Kier alpha value is -4.31. The van der Waals surface area contributed by atoms with Crippen LogP contribution in [0.1, 0.15) is 16.7 Å². The summed E-state index contributed by atoms with van der Waals surface area (Å²) in [4.78, 5) is 15.1. The van der Waals surface area contributed by atoms with Gasteiger partial charge in [-0.25, -0.2) is 9.97 Å². The smallest absolute Gasteiger partial charge is 0.226 e. The van der Waals surface area contributed by atoms with E-state index in [4.69, 9.17) is 14.2 Å². The third kappa shape index (κ3) is 5.53. The van der Waals surface area contributed by atoms with Crippen molar-refractivity contribution in [1.29, 1.82) is 0 Å². The largest absolute Gasteiger partial charge is 0.497 e. The minimum absolute atomic E-state index is 0.122. The van der Waals surface area contributed by atoms with Gasteiger partial charge >= 0.3 is 0 Å². The van der Waals surface area contributed by atoms with Crippen molar-refractivity contribution in [3.63, 3.8) is 0 Å². The maximum Gasteiger partial charge on any atom is 0.226 e. The molecule has 0 bridgehead atoms. The highest BCUT2D eigenvalue weighted by molar-refractivity contribution is 5.70. The number of aliphatic hydroxyl groups excluding tert-OH is 1. The van der Waals surface area contributed by atoms with E-state index >= 15 is 0 Å². The molecule has 5 rings (SSSR count). The van der Waals surface area contributed by atoms with E-state index in [1.165, 1.54) is 0 Å². The fourth-order valence-corrected chi connectivity index (χ4v) is 4.64. The van der Waals surface area contributed by atoms with E-state index in [1.807, 2.05) is 104 Å². The molecule has 9 heteroatoms. The van der Waals surface area contributed by atoms with E-state index in [2.05, 4.69) is 15.0 Å². The molecule has 0 amide bonds. The number of aliphatic hydroxyl groups is 1. The number of aromatic nitrogens is 4. The van der Waals surface area contributed by atoms with Gasteiger partial charge in [0.05, 0.1) is 32.8 Å². The fourth-order valence-electron chi connectivity index (χ4n) is 4.64. The molecule has 1 atom stereocenters. The highest BCUT2D eigenvalue weighted by Gasteiger charge is 2.38. The lowest BCUT2D eigenvalue weighted by Crippen LogP contribution is -2.37. The summed E-state index contributed by atoms with van der Waals surface area (Å²) in [7, 11) is 5.41. The van der Waals surface area contributed by atoms with E-state index in [1.54, 1.807) is 24.2 Å². The lowest BCUT2D eigenvalue weighted by molar-refractivity contribution is -0.0970. The van der Waals surface area contributed by atoms with E-state index in [9.17, 15) is 5.11 Å². The van der Waals surface area contributed by atoms with Gasteiger partial charge < -0.3 is 24.2 Å². The predicted octanol–water partition coefficient (Wildman–Crippen LogP) is 4.24. The fraction of sp³-hybridized carbons (Fsp3) is 0.258. The SMILES string of the molecule is COc1ccc(C(OCC(CO)OCn2cnc3cnc(N(C)C)nc32)(c2ccccc2)c2ccccc2)cc1. The van der Waals surface area contributed by atoms with Gasteiger partial charge in [-0.15, -0.1) is 0 Å². The maximum atomic E-state index is 10.3. The number of rotatable bonds is 12. The second kappa shape index (κ2) is 12.3. The zero-order valence-electron chi connectivity index (χ0n) is 22.8. The number of hydrogen-bond acceptors (Lipinski definition) is 8. The molecule has 0 radical (unpaired) electrons. The summed E-state index contributed by atoms with van der Waals surface area (Å²) >= 11 is 0. The van der Waals surface area contributed by atoms with Gasteiger partial charge in [-0.1, -0.05) is 72.8 Å². The van der Waals surface area contributed by atoms with Gasteiger partial charge in [0.1, 0.15) is 29.7 Å². The maximum absolute atomic E-state index is 10.3. The molecule has 2 heterocycles. The predicted molar refractivity (Wildman–Crippen MR) is 153 cm³/mol. The monoisotopic (exact) mass is 539 g/mol. The molecule has 9 nitrogen and oxygen atoms in total. The molecule has 2 aromatic heterocycles. The number of imidazole rings is 1. The summed E-state index contributed by atoms with van der Waals surface area (Å²) in [6, 6.07) is 28.0. The van der Waals surface area contributed by atoms with Crippen LogP contribution in [-0.2, 0) is 21.8 Å². The van der Waals surface area contributed by atoms with Crippen LogP contribution in [0, 0.1) is 0 Å². The van der Waals surface area contributed by atoms with Crippen molar-refractivity contribution in [2.45, 2.75) is 18.4 Å². The highest BCUT2D eigenvalue weighted by Crippen LogP contribution is 2.41. The molecule has 0 aliphatic carbocycles. The number of hydrogen-bond donors (Lipinski definition) is 1. The Morgan fingerprint density at radius 1 is 0.875 bits per heavy atom. The summed E-state index contributed by atoms with van der Waals surface area (Å²) in [5, 5.41) is 10.3. The van der Waals surface area contributed by atoms with Crippen LogP contribution in [-0.4, -0.2) is 65.1 Å². The summed E-state index contributed by atoms with van der Waals surface area (Å²) in [5.41, 5.74) is 3.19. The van der Waals surface area contributed by atoms with Gasteiger partial charge in [-0.05, 0) is 28.8 Å². The van der Waals surface area contributed by atoms with Crippen molar-refractivity contribution in [2.75, 3.05) is 39.3 Å². The summed E-state index contributed by atoms with van der Waals surface area (Å²) in [6.45, 7) is 0.0326. The Morgan fingerprint density at radius 2 is 1.50 bits per heavy atom. The third-order valence-corrected chi connectivity index (χ3v) is 6.74. The van der Waals surface area contributed by atoms with E-state index in [-0.39, 0.29) is 19.9 Å². The van der Waals surface area contributed by atoms with Crippen molar-refractivity contribution in [3.05, 3.63) is 114 Å². The van der Waals surface area contributed by atoms with Gasteiger partial charge in [-0.2, -0.15) is 4.98 Å². The van der Waals surface area contributed by atoms with Crippen LogP contribution < -0.4 is 9.64 Å². The average molecular weight is 540 g/mol. The first kappa shape index (κ1) is 27.3. The van der Waals surface area contributed by atoms with Crippen molar-refractivity contribution in [1.82, 2.24) is 19.5 Å². The number of nitrogens with zero attached hydrogens (tertiary/aromatic N) is 5. The molecule has 1 N–H and O–H groups in total. The zero-order valence-corrected chi connectivity index (χ0v) is 22.8. The normalized spacial score (nSPS) is 12.4. The van der Waals surface area contributed by atoms with Gasteiger partial charge in [0.2, 0.25) is 5.95 Å². The molecule has 5 aromatic rings. The molecule has 0 saturated heterocycles. The van der Waals surface area contributed by atoms with Gasteiger partial charge in [-0.3, -0.25) is 4.57 Å². The van der Waals surface area contributed by atoms with Crippen molar-refractivity contribution >= 4 is 17.1 Å². The Kier molecular flexibility index (Phi) is 8.35. The molecule has 206 valence electrons. The number of ether oxygens (including phenoxy) is 3. The van der Waals surface area contributed by atoms with Gasteiger partial charge in [0, 0.05) is 14.1 Å². The van der Waals surface area contributed by atoms with Crippen LogP contribution in [0.15, 0.2) is 97.5 Å². The zero-order chi connectivity index (χ0) is 28.0. The first-order valence-electron chi connectivity index (χ1n) is 13.0. The van der Waals surface area contributed by atoms with Crippen LogP contribution in [0.25, 0.3) is 11.2 Å². The minimum atomic E-state index is -0.957. The van der Waals surface area contributed by atoms with Crippen molar-refractivity contribution in [2.24, 2.45) is 0 Å². The second-order valence-corrected chi connectivity index (χ2v) is 9.54. The Bertz CT molecular complexity index is 1470. The molecule has 40 heavy (non-hydrogen) atoms. The molecule has 0 aliphatic heterocycles. The van der Waals surface area contributed by atoms with Crippen molar-refractivity contribution in [3.8, 4) is 5.75 Å². The van der Waals surface area contributed by atoms with E-state index < -0.39 is 11.7 Å². The molecule has 0 spiro atoms. The molecule has 0 fully saturated rings. The Labute approximate surface area is 233 Å². The van der Waals surface area contributed by atoms with Gasteiger partial charge in [0.15, 0.2) is 5.65 Å². The van der Waals surface area contributed by atoms with E-state index in [0.29, 0.717) is 17.1 Å². The van der Waals surface area contributed by atoms with Gasteiger partial charge in [0.25, 0.3) is 0 Å². The van der Waals surface area contributed by atoms with Crippen LogP contribution in [0.3, 0.4) is 0 Å². The standard InChI is InChI=1S/C31H33N5O4/c1-35(2)30-32-18-28-29(34-30)36(21-33-28)22-39-27(19-37)20-40-31(23-10-6-4-7-11-23,24-12-8-5-9-13-24)25-14-16-26(38-3)17-15-25/h4-18,21,27,37H,19-20,22H2,1-3H3. The summed E-state index contributed by atoms with van der Waals surface area (Å²) in [5.74, 6) is 1.33. The molecule has 3 aromatic carbocycles. The summed E-state index contributed by atoms with van der Waals surface area (Å²) in [6.07, 6.45) is 2.73. The first-order chi connectivity index (χ1) is 19.5. The Morgan fingerprint density at radius 3 is 2.08 bits per heavy atom. The Balaban J connectivity index is 1.45. The topological polar surface area (TPSA) is 94.8 Å². The first-order valence-corrected chi connectivity index (χ1v) is 13.0. The summed E-state index contributed by atoms with van der Waals surface area (Å²) < 4.78 is 20.2. The molecule has 1 unspecified atom stereocenters. The lowest BCUT2D eigenvalue weighted by atomic mass is 9.80. The van der Waals surface area contributed by atoms with Crippen LogP contribution in [0.5, 0.6) is 5.75 Å². The number of benzene rings is 3.